The summed E-state index contributed by atoms with van der Waals surface area (Å²) in [6.07, 6.45) is 5.96. The third-order valence-corrected chi connectivity index (χ3v) is 3.89. The molecule has 17 heavy (non-hydrogen) atoms. The van der Waals surface area contributed by atoms with Gasteiger partial charge >= 0.3 is 0 Å². The molecular weight excluding hydrogens is 228 g/mol. The molecular formula is C14H22N2S. The first-order chi connectivity index (χ1) is 8.24. The van der Waals surface area contributed by atoms with Crippen LogP contribution in [0.4, 0.5) is 0 Å². The molecule has 3 heteroatoms. The van der Waals surface area contributed by atoms with Gasteiger partial charge in [0.25, 0.3) is 0 Å². The highest BCUT2D eigenvalue weighted by atomic mass is 32.2. The molecule has 0 atom stereocenters. The topological polar surface area (TPSA) is 24.9 Å². The summed E-state index contributed by atoms with van der Waals surface area (Å²) in [6.45, 7) is 5.50. The van der Waals surface area contributed by atoms with E-state index >= 15 is 0 Å². The van der Waals surface area contributed by atoms with Crippen molar-refractivity contribution in [2.24, 2.45) is 5.92 Å². The van der Waals surface area contributed by atoms with E-state index in [9.17, 15) is 0 Å². The van der Waals surface area contributed by atoms with Gasteiger partial charge in [0.15, 0.2) is 0 Å². The van der Waals surface area contributed by atoms with Gasteiger partial charge in [0.2, 0.25) is 0 Å². The minimum Gasteiger partial charge on any atom is -0.310 e. The standard InChI is InChI=1S/C14H22N2S/c1-11(2)7-8-17-14-6-3-12(10-16-14)9-15-13-4-5-13/h3,6,10-11,13,15H,4-5,7-9H2,1-2H3. The smallest absolute Gasteiger partial charge is 0.0960 e. The Kier molecular flexibility index (Phi) is 4.86. The maximum Gasteiger partial charge on any atom is 0.0960 e. The summed E-state index contributed by atoms with van der Waals surface area (Å²) in [5.41, 5.74) is 1.30. The largest absolute Gasteiger partial charge is 0.310 e. The Hall–Kier alpha value is -0.540. The van der Waals surface area contributed by atoms with Crippen LogP contribution in [0.3, 0.4) is 0 Å². The predicted molar refractivity (Wildman–Crippen MR) is 74.3 cm³/mol. The Morgan fingerprint density at radius 2 is 2.24 bits per heavy atom. The maximum atomic E-state index is 4.50. The molecule has 1 heterocycles. The van der Waals surface area contributed by atoms with E-state index in [1.165, 1.54) is 30.6 Å². The van der Waals surface area contributed by atoms with Crippen LogP contribution in [0, 0.1) is 5.92 Å². The quantitative estimate of drug-likeness (QED) is 0.750. The Balaban J connectivity index is 1.72. The number of hydrogen-bond acceptors (Lipinski definition) is 3. The van der Waals surface area contributed by atoms with Crippen LogP contribution in [-0.2, 0) is 6.54 Å². The van der Waals surface area contributed by atoms with E-state index in [0.29, 0.717) is 0 Å². The van der Waals surface area contributed by atoms with Crippen LogP contribution in [0.25, 0.3) is 0 Å². The highest BCUT2D eigenvalue weighted by Gasteiger charge is 2.19. The number of hydrogen-bond donors (Lipinski definition) is 1. The summed E-state index contributed by atoms with van der Waals surface area (Å²) in [4.78, 5) is 4.50. The highest BCUT2D eigenvalue weighted by Crippen LogP contribution is 2.20. The van der Waals surface area contributed by atoms with Crippen LogP contribution in [0.2, 0.25) is 0 Å². The van der Waals surface area contributed by atoms with Crippen LogP contribution >= 0.6 is 11.8 Å². The minimum absolute atomic E-state index is 0.773. The van der Waals surface area contributed by atoms with Gasteiger partial charge in [-0.1, -0.05) is 19.9 Å². The molecule has 2 rings (SSSR count). The fraction of sp³-hybridized carbons (Fsp3) is 0.643. The number of nitrogens with one attached hydrogen (secondary N) is 1. The average molecular weight is 250 g/mol. The second-order valence-corrected chi connectivity index (χ2v) is 6.31. The molecule has 0 amide bonds. The molecule has 1 aliphatic rings. The zero-order valence-electron chi connectivity index (χ0n) is 10.8. The predicted octanol–water partition coefficient (Wildman–Crippen LogP) is 3.47. The van der Waals surface area contributed by atoms with Gasteiger partial charge in [-0.05, 0) is 42.6 Å². The van der Waals surface area contributed by atoms with E-state index in [4.69, 9.17) is 0 Å². The van der Waals surface area contributed by atoms with E-state index in [-0.39, 0.29) is 0 Å². The van der Waals surface area contributed by atoms with Crippen LogP contribution in [-0.4, -0.2) is 16.8 Å². The lowest BCUT2D eigenvalue weighted by Crippen LogP contribution is -2.15. The Bertz CT molecular complexity index is 331. The molecule has 1 aromatic rings. The minimum atomic E-state index is 0.773. The third-order valence-electron chi connectivity index (χ3n) is 2.91. The Morgan fingerprint density at radius 1 is 1.41 bits per heavy atom. The van der Waals surface area contributed by atoms with Gasteiger partial charge in [0, 0.05) is 18.8 Å². The van der Waals surface area contributed by atoms with E-state index < -0.39 is 0 Å². The van der Waals surface area contributed by atoms with Gasteiger partial charge in [-0.25, -0.2) is 4.98 Å². The molecule has 0 spiro atoms. The van der Waals surface area contributed by atoms with Crippen molar-refractivity contribution in [1.29, 1.82) is 0 Å². The van der Waals surface area contributed by atoms with E-state index in [1.807, 2.05) is 18.0 Å². The molecule has 0 aliphatic heterocycles. The highest BCUT2D eigenvalue weighted by molar-refractivity contribution is 7.99. The Morgan fingerprint density at radius 3 is 2.82 bits per heavy atom. The number of aromatic nitrogens is 1. The van der Waals surface area contributed by atoms with Crippen molar-refractivity contribution in [3.63, 3.8) is 0 Å². The fourth-order valence-corrected chi connectivity index (χ4v) is 2.64. The lowest BCUT2D eigenvalue weighted by molar-refractivity contribution is 0.632. The molecule has 1 N–H and O–H groups in total. The molecule has 94 valence electrons. The molecule has 0 aromatic carbocycles. The van der Waals surface area contributed by atoms with E-state index in [1.54, 1.807) is 0 Å². The molecule has 1 aromatic heterocycles. The Labute approximate surface area is 109 Å². The van der Waals surface area contributed by atoms with Crippen molar-refractivity contribution < 1.29 is 0 Å². The number of thioether (sulfide) groups is 1. The maximum absolute atomic E-state index is 4.50. The first kappa shape index (κ1) is 12.9. The number of rotatable bonds is 7. The first-order valence-corrected chi connectivity index (χ1v) is 7.53. The normalized spacial score (nSPS) is 15.5. The van der Waals surface area contributed by atoms with Gasteiger partial charge in [0.1, 0.15) is 0 Å². The van der Waals surface area contributed by atoms with Crippen LogP contribution in [0.5, 0.6) is 0 Å². The van der Waals surface area contributed by atoms with Crippen LogP contribution in [0.1, 0.15) is 38.7 Å². The van der Waals surface area contributed by atoms with Crippen molar-refractivity contribution >= 4 is 11.8 Å². The van der Waals surface area contributed by atoms with Gasteiger partial charge in [-0.3, -0.25) is 0 Å². The fourth-order valence-electron chi connectivity index (χ4n) is 1.55. The zero-order valence-corrected chi connectivity index (χ0v) is 11.6. The average Bonchev–Trinajstić information content (AvgIpc) is 3.11. The molecule has 1 saturated carbocycles. The molecule has 0 radical (unpaired) electrons. The second-order valence-electron chi connectivity index (χ2n) is 5.19. The summed E-state index contributed by atoms with van der Waals surface area (Å²) in [7, 11) is 0. The summed E-state index contributed by atoms with van der Waals surface area (Å²) >= 11 is 1.86. The third kappa shape index (κ3) is 5.09. The van der Waals surface area contributed by atoms with Crippen molar-refractivity contribution in [1.82, 2.24) is 10.3 Å². The summed E-state index contributed by atoms with van der Waals surface area (Å²) in [5, 5.41) is 4.66. The van der Waals surface area contributed by atoms with E-state index in [0.717, 1.165) is 23.5 Å². The first-order valence-electron chi connectivity index (χ1n) is 6.55. The molecule has 0 unspecified atom stereocenters. The van der Waals surface area contributed by atoms with E-state index in [2.05, 4.69) is 36.3 Å². The zero-order chi connectivity index (χ0) is 12.1. The monoisotopic (exact) mass is 250 g/mol. The van der Waals surface area contributed by atoms with Crippen LogP contribution in [0.15, 0.2) is 23.4 Å². The van der Waals surface area contributed by atoms with Gasteiger partial charge in [0.05, 0.1) is 5.03 Å². The molecule has 1 aliphatic carbocycles. The van der Waals surface area contributed by atoms with Crippen LogP contribution < -0.4 is 5.32 Å². The van der Waals surface area contributed by atoms with Crippen molar-refractivity contribution in [2.75, 3.05) is 5.75 Å². The lowest BCUT2D eigenvalue weighted by atomic mass is 10.2. The van der Waals surface area contributed by atoms with Crippen molar-refractivity contribution in [3.8, 4) is 0 Å². The molecule has 2 nitrogen and oxygen atoms in total. The SMILES string of the molecule is CC(C)CCSc1ccc(CNC2CC2)cn1. The molecule has 0 saturated heterocycles. The lowest BCUT2D eigenvalue weighted by Gasteiger charge is -2.05. The van der Waals surface area contributed by atoms with Gasteiger partial charge < -0.3 is 5.32 Å². The molecule has 0 bridgehead atoms. The summed E-state index contributed by atoms with van der Waals surface area (Å²) in [6, 6.07) is 5.12. The number of pyridine rings is 1. The number of nitrogens with zero attached hydrogens (tertiary/aromatic N) is 1. The van der Waals surface area contributed by atoms with Gasteiger partial charge in [-0.2, -0.15) is 0 Å². The van der Waals surface area contributed by atoms with Crippen molar-refractivity contribution in [2.45, 2.75) is 50.7 Å². The summed E-state index contributed by atoms with van der Waals surface area (Å²) in [5.74, 6) is 1.95. The summed E-state index contributed by atoms with van der Waals surface area (Å²) < 4.78 is 0. The molecule has 1 fully saturated rings. The van der Waals surface area contributed by atoms with Gasteiger partial charge in [-0.15, -0.1) is 11.8 Å². The van der Waals surface area contributed by atoms with Crippen molar-refractivity contribution in [3.05, 3.63) is 23.9 Å². The second kappa shape index (κ2) is 6.41.